The number of benzene rings is 1. The van der Waals surface area contributed by atoms with Gasteiger partial charge in [0.2, 0.25) is 0 Å². The van der Waals surface area contributed by atoms with Crippen molar-refractivity contribution in [3.05, 3.63) is 47.8 Å². The van der Waals surface area contributed by atoms with Gasteiger partial charge in [0.15, 0.2) is 0 Å². The number of carbonyl (C=O) groups is 1. The summed E-state index contributed by atoms with van der Waals surface area (Å²) in [5.41, 5.74) is 1.11. The summed E-state index contributed by atoms with van der Waals surface area (Å²) >= 11 is 0. The van der Waals surface area contributed by atoms with Crippen LogP contribution in [-0.2, 0) is 0 Å². The Labute approximate surface area is 123 Å². The van der Waals surface area contributed by atoms with E-state index in [0.717, 1.165) is 17.8 Å². The zero-order chi connectivity index (χ0) is 15.7. The van der Waals surface area contributed by atoms with Crippen LogP contribution in [0.5, 0.6) is 5.75 Å². The minimum atomic E-state index is -4.77. The number of hydrogen-bond donors (Lipinski definition) is 1. The second-order valence-electron chi connectivity index (χ2n) is 4.99. The number of likely N-dealkylation sites (tertiary alicyclic amines) is 1. The Hall–Kier alpha value is -2.51. The smallest absolute Gasteiger partial charge is 0.406 e. The minimum Gasteiger partial charge on any atom is -0.406 e. The Balaban J connectivity index is 1.65. The van der Waals surface area contributed by atoms with Gasteiger partial charge in [-0.15, -0.1) is 13.2 Å². The van der Waals surface area contributed by atoms with E-state index >= 15 is 0 Å². The van der Waals surface area contributed by atoms with E-state index in [4.69, 9.17) is 0 Å². The van der Waals surface area contributed by atoms with Crippen molar-refractivity contribution in [2.75, 3.05) is 13.1 Å². The number of rotatable bonds is 3. The van der Waals surface area contributed by atoms with E-state index in [1.54, 1.807) is 11.1 Å². The van der Waals surface area contributed by atoms with Crippen LogP contribution in [0.4, 0.5) is 13.2 Å². The summed E-state index contributed by atoms with van der Waals surface area (Å²) in [4.78, 5) is 13.8. The number of ether oxygens (including phenoxy) is 1. The Morgan fingerprint density at radius 3 is 2.73 bits per heavy atom. The first kappa shape index (κ1) is 14.4. The maximum absolute atomic E-state index is 12.2. The van der Waals surface area contributed by atoms with Crippen molar-refractivity contribution in [3.63, 3.8) is 0 Å². The molecule has 1 aliphatic heterocycles. The highest BCUT2D eigenvalue weighted by Crippen LogP contribution is 2.28. The quantitative estimate of drug-likeness (QED) is 0.947. The topological polar surface area (TPSA) is 58.2 Å². The van der Waals surface area contributed by atoms with Gasteiger partial charge >= 0.3 is 6.36 Å². The lowest BCUT2D eigenvalue weighted by molar-refractivity contribution is -0.274. The predicted molar refractivity (Wildman–Crippen MR) is 70.4 cm³/mol. The van der Waals surface area contributed by atoms with Crippen molar-refractivity contribution in [2.45, 2.75) is 12.3 Å². The van der Waals surface area contributed by atoms with Gasteiger partial charge in [0.1, 0.15) is 5.75 Å². The maximum atomic E-state index is 12.2. The van der Waals surface area contributed by atoms with Crippen molar-refractivity contribution in [1.29, 1.82) is 0 Å². The number of amides is 1. The molecule has 22 heavy (non-hydrogen) atoms. The lowest BCUT2D eigenvalue weighted by Crippen LogP contribution is -2.48. The average Bonchev–Trinajstić information content (AvgIpc) is 2.89. The summed E-state index contributed by atoms with van der Waals surface area (Å²) in [6.45, 7) is 1.01. The Bertz CT molecular complexity index is 664. The Kier molecular flexibility index (Phi) is 3.51. The van der Waals surface area contributed by atoms with Crippen LogP contribution in [0, 0.1) is 0 Å². The highest BCUT2D eigenvalue weighted by Gasteiger charge is 2.34. The molecule has 116 valence electrons. The number of nitrogens with one attached hydrogen (secondary N) is 1. The molecule has 0 unspecified atom stereocenters. The van der Waals surface area contributed by atoms with E-state index in [9.17, 15) is 18.0 Å². The average molecular weight is 311 g/mol. The van der Waals surface area contributed by atoms with Crippen LogP contribution in [0.15, 0.2) is 36.5 Å². The fourth-order valence-corrected chi connectivity index (χ4v) is 2.34. The summed E-state index contributed by atoms with van der Waals surface area (Å²) in [6.07, 6.45) is -3.14. The van der Waals surface area contributed by atoms with E-state index in [-0.39, 0.29) is 17.4 Å². The van der Waals surface area contributed by atoms with Crippen molar-refractivity contribution in [2.24, 2.45) is 0 Å². The monoisotopic (exact) mass is 311 g/mol. The molecule has 0 atom stereocenters. The van der Waals surface area contributed by atoms with Gasteiger partial charge in [-0.2, -0.15) is 5.10 Å². The predicted octanol–water partition coefficient (Wildman–Crippen LogP) is 2.55. The number of hydrogen-bond acceptors (Lipinski definition) is 3. The van der Waals surface area contributed by atoms with Gasteiger partial charge in [0.25, 0.3) is 5.91 Å². The highest BCUT2D eigenvalue weighted by molar-refractivity contribution is 5.95. The van der Waals surface area contributed by atoms with E-state index in [2.05, 4.69) is 14.9 Å². The van der Waals surface area contributed by atoms with Gasteiger partial charge in [0.05, 0.1) is 0 Å². The van der Waals surface area contributed by atoms with Gasteiger partial charge in [-0.05, 0) is 24.3 Å². The number of nitrogens with zero attached hydrogens (tertiary/aromatic N) is 2. The summed E-state index contributed by atoms with van der Waals surface area (Å²) < 4.78 is 40.4. The number of aromatic amines is 1. The Morgan fingerprint density at radius 1 is 1.32 bits per heavy atom. The summed E-state index contributed by atoms with van der Waals surface area (Å²) in [6, 6.07) is 6.92. The van der Waals surface area contributed by atoms with E-state index in [0.29, 0.717) is 13.1 Å². The summed E-state index contributed by atoms with van der Waals surface area (Å²) in [5, 5.41) is 6.69. The molecule has 8 heteroatoms. The van der Waals surface area contributed by atoms with Crippen LogP contribution in [-0.4, -0.2) is 40.5 Å². The molecular formula is C14H12F3N3O2. The van der Waals surface area contributed by atoms with E-state index in [1.807, 2.05) is 6.07 Å². The third-order valence-corrected chi connectivity index (χ3v) is 3.45. The molecule has 2 aromatic rings. The Morgan fingerprint density at radius 2 is 2.09 bits per heavy atom. The van der Waals surface area contributed by atoms with Crippen LogP contribution in [0.25, 0.3) is 0 Å². The highest BCUT2D eigenvalue weighted by atomic mass is 19.4. The summed E-state index contributed by atoms with van der Waals surface area (Å²) in [5.74, 6) is -0.534. The molecule has 1 aliphatic rings. The molecule has 1 fully saturated rings. The molecule has 0 bridgehead atoms. The fourth-order valence-electron chi connectivity index (χ4n) is 2.34. The second-order valence-corrected chi connectivity index (χ2v) is 4.99. The van der Waals surface area contributed by atoms with E-state index in [1.165, 1.54) is 12.1 Å². The first-order chi connectivity index (χ1) is 10.4. The van der Waals surface area contributed by atoms with Gasteiger partial charge < -0.3 is 9.64 Å². The van der Waals surface area contributed by atoms with Crippen LogP contribution in [0.1, 0.15) is 22.0 Å². The zero-order valence-electron chi connectivity index (χ0n) is 11.3. The van der Waals surface area contributed by atoms with Crippen molar-refractivity contribution in [1.82, 2.24) is 15.1 Å². The lowest BCUT2D eigenvalue weighted by atomic mass is 9.95. The molecule has 1 aromatic carbocycles. The van der Waals surface area contributed by atoms with Gasteiger partial charge in [0, 0.05) is 36.5 Å². The molecule has 0 radical (unpaired) electrons. The van der Waals surface area contributed by atoms with Gasteiger partial charge in [-0.1, -0.05) is 6.07 Å². The molecule has 0 aliphatic carbocycles. The first-order valence-corrected chi connectivity index (χ1v) is 6.57. The number of H-pyrrole nitrogens is 1. The normalized spacial score (nSPS) is 15.5. The SMILES string of the molecule is O=C(c1cccc(OC(F)(F)F)c1)N1CC(c2ccn[nH]2)C1. The molecule has 0 spiro atoms. The van der Waals surface area contributed by atoms with Crippen LogP contribution >= 0.6 is 0 Å². The third kappa shape index (κ3) is 3.05. The lowest BCUT2D eigenvalue weighted by Gasteiger charge is -2.38. The summed E-state index contributed by atoms with van der Waals surface area (Å²) in [7, 11) is 0. The number of alkyl halides is 3. The molecule has 3 rings (SSSR count). The second kappa shape index (κ2) is 5.36. The first-order valence-electron chi connectivity index (χ1n) is 6.57. The fraction of sp³-hybridized carbons (Fsp3) is 0.286. The molecule has 1 aromatic heterocycles. The van der Waals surface area contributed by atoms with Crippen molar-refractivity contribution < 1.29 is 22.7 Å². The van der Waals surface area contributed by atoms with Gasteiger partial charge in [-0.25, -0.2) is 0 Å². The molecule has 0 saturated carbocycles. The molecule has 1 N–H and O–H groups in total. The minimum absolute atomic E-state index is 0.171. The number of halogens is 3. The van der Waals surface area contributed by atoms with Crippen molar-refractivity contribution >= 4 is 5.91 Å². The van der Waals surface area contributed by atoms with Gasteiger partial charge in [-0.3, -0.25) is 9.89 Å². The van der Waals surface area contributed by atoms with Crippen LogP contribution in [0.3, 0.4) is 0 Å². The largest absolute Gasteiger partial charge is 0.573 e. The maximum Gasteiger partial charge on any atom is 0.573 e. The molecular weight excluding hydrogens is 299 g/mol. The van der Waals surface area contributed by atoms with E-state index < -0.39 is 12.1 Å². The molecule has 1 amide bonds. The number of carbonyl (C=O) groups excluding carboxylic acids is 1. The molecule has 2 heterocycles. The molecule has 1 saturated heterocycles. The van der Waals surface area contributed by atoms with Crippen LogP contribution < -0.4 is 4.74 Å². The number of aromatic nitrogens is 2. The van der Waals surface area contributed by atoms with Crippen molar-refractivity contribution in [3.8, 4) is 5.75 Å². The third-order valence-electron chi connectivity index (χ3n) is 3.45. The van der Waals surface area contributed by atoms with Crippen LogP contribution in [0.2, 0.25) is 0 Å². The standard InChI is InChI=1S/C14H12F3N3O2/c15-14(16,17)22-11-3-1-2-9(6-11)13(21)20-7-10(8-20)12-4-5-18-19-12/h1-6,10H,7-8H2,(H,18,19). The molecule has 5 nitrogen and oxygen atoms in total. The zero-order valence-corrected chi connectivity index (χ0v) is 11.3.